The molecule has 528 valence electrons. The molecule has 0 aliphatic rings. The predicted molar refractivity (Wildman–Crippen MR) is 474 cm³/mol. The molecule has 0 aliphatic heterocycles. The van der Waals surface area contributed by atoms with Gasteiger partial charge < -0.3 is 18.9 Å². The third-order valence-electron chi connectivity index (χ3n) is 21.6. The van der Waals surface area contributed by atoms with Gasteiger partial charge in [-0.3, -0.25) is 0 Å². The molecule has 0 saturated heterocycles. The monoisotopic (exact) mass is 1430 g/mol. The highest BCUT2D eigenvalue weighted by Crippen LogP contribution is 2.46. The zero-order valence-corrected chi connectivity index (χ0v) is 61.7. The number of aromatic nitrogens is 2. The first-order chi connectivity index (χ1) is 55.6. The molecule has 0 N–H and O–H groups in total. The van der Waals surface area contributed by atoms with Gasteiger partial charge in [0.05, 0.1) is 33.4 Å². The van der Waals surface area contributed by atoms with Crippen molar-refractivity contribution >= 4 is 77.7 Å². The lowest BCUT2D eigenvalue weighted by atomic mass is 9.97. The predicted octanol–water partition coefficient (Wildman–Crippen LogP) is 29.8. The number of benzene rings is 18. The average molecular weight is 1430 g/mol. The van der Waals surface area contributed by atoms with E-state index in [4.69, 9.17) is 0 Å². The van der Waals surface area contributed by atoms with Gasteiger partial charge in [-0.25, -0.2) is 0 Å². The third kappa shape index (κ3) is 13.4. The van der Waals surface area contributed by atoms with Crippen molar-refractivity contribution < 1.29 is 0 Å². The number of hydrogen-bond acceptors (Lipinski definition) is 2. The summed E-state index contributed by atoms with van der Waals surface area (Å²) in [5, 5.41) is 5.06. The average Bonchev–Trinajstić information content (AvgIpc) is 1.62. The molecule has 0 amide bonds. The van der Waals surface area contributed by atoms with E-state index in [-0.39, 0.29) is 0 Å². The first-order valence-corrected chi connectivity index (χ1v) is 38.4. The van der Waals surface area contributed by atoms with Crippen LogP contribution in [0, 0.1) is 0 Å². The number of nitrogens with zero attached hydrogens (tertiary/aromatic N) is 4. The van der Waals surface area contributed by atoms with E-state index in [0.29, 0.717) is 0 Å². The van der Waals surface area contributed by atoms with Crippen molar-refractivity contribution in [3.05, 3.63) is 461 Å². The van der Waals surface area contributed by atoms with Crippen LogP contribution in [0.15, 0.2) is 461 Å². The SMILES string of the molecule is c1ccc(-c2ccc(-c3ccc(N(c4ccc(-c5cccc(-n6c7ccccc7c7ccccc76)c5)cc4)c4ccccc4-c4ccccc4)cc3)cc2)cc1.c1ccc(-c2ccc(-c3ccccc3N(c3ccc(-c4cccc(-n5c6ccccc6c6ccccc65)c4)cc3)c3cccc(-c4ccccc4)c3)cc2)cc1. The van der Waals surface area contributed by atoms with Crippen molar-refractivity contribution in [3.8, 4) is 100 Å². The zero-order valence-electron chi connectivity index (χ0n) is 61.7. The van der Waals surface area contributed by atoms with Crippen molar-refractivity contribution in [2.45, 2.75) is 0 Å². The number of rotatable bonds is 16. The Morgan fingerprint density at radius 2 is 0.375 bits per heavy atom. The summed E-state index contributed by atoms with van der Waals surface area (Å²) < 4.78 is 4.76. The van der Waals surface area contributed by atoms with Crippen molar-refractivity contribution in [2.24, 2.45) is 0 Å². The fraction of sp³-hybridized carbons (Fsp3) is 0. The van der Waals surface area contributed by atoms with Crippen LogP contribution in [0.1, 0.15) is 0 Å². The zero-order chi connectivity index (χ0) is 74.5. The second kappa shape index (κ2) is 30.4. The van der Waals surface area contributed by atoms with E-state index >= 15 is 0 Å². The van der Waals surface area contributed by atoms with Gasteiger partial charge in [-0.15, -0.1) is 0 Å². The molecule has 4 nitrogen and oxygen atoms in total. The van der Waals surface area contributed by atoms with Crippen LogP contribution in [0.5, 0.6) is 0 Å². The fourth-order valence-electron chi connectivity index (χ4n) is 16.2. The van der Waals surface area contributed by atoms with Gasteiger partial charge in [0, 0.05) is 66.8 Å². The van der Waals surface area contributed by atoms with Crippen LogP contribution in [0.25, 0.3) is 144 Å². The van der Waals surface area contributed by atoms with Gasteiger partial charge in [0.2, 0.25) is 0 Å². The van der Waals surface area contributed by atoms with Gasteiger partial charge in [0.1, 0.15) is 0 Å². The van der Waals surface area contributed by atoms with Crippen molar-refractivity contribution in [2.75, 3.05) is 9.80 Å². The summed E-state index contributed by atoms with van der Waals surface area (Å²) in [5.41, 5.74) is 32.8. The Hall–Kier alpha value is -14.8. The Morgan fingerprint density at radius 1 is 0.143 bits per heavy atom. The molecular formula is C108H76N4. The first kappa shape index (κ1) is 67.7. The highest BCUT2D eigenvalue weighted by atomic mass is 15.2. The van der Waals surface area contributed by atoms with E-state index < -0.39 is 0 Å². The molecule has 0 atom stereocenters. The number of anilines is 6. The summed E-state index contributed by atoms with van der Waals surface area (Å²) in [6.07, 6.45) is 0. The molecule has 4 heteroatoms. The van der Waals surface area contributed by atoms with E-state index in [1.54, 1.807) is 0 Å². The number of fused-ring (bicyclic) bond motifs is 6. The van der Waals surface area contributed by atoms with Crippen LogP contribution < -0.4 is 9.80 Å². The molecule has 0 radical (unpaired) electrons. The number of para-hydroxylation sites is 6. The van der Waals surface area contributed by atoms with Gasteiger partial charge in [0.25, 0.3) is 0 Å². The smallest absolute Gasteiger partial charge is 0.0541 e. The van der Waals surface area contributed by atoms with Gasteiger partial charge in [0.15, 0.2) is 0 Å². The molecule has 2 aromatic heterocycles. The Bertz CT molecular complexity index is 6580. The summed E-state index contributed by atoms with van der Waals surface area (Å²) >= 11 is 0. The Morgan fingerprint density at radius 3 is 0.741 bits per heavy atom. The molecule has 112 heavy (non-hydrogen) atoms. The summed E-state index contributed by atoms with van der Waals surface area (Å²) in [6, 6.07) is 166. The molecule has 20 aromatic rings. The van der Waals surface area contributed by atoms with Gasteiger partial charge in [-0.05, 0) is 187 Å². The molecule has 0 unspecified atom stereocenters. The van der Waals surface area contributed by atoms with E-state index in [9.17, 15) is 0 Å². The van der Waals surface area contributed by atoms with Gasteiger partial charge >= 0.3 is 0 Å². The quantitative estimate of drug-likeness (QED) is 0.0959. The minimum atomic E-state index is 1.09. The maximum Gasteiger partial charge on any atom is 0.0541 e. The van der Waals surface area contributed by atoms with E-state index in [1.807, 2.05) is 0 Å². The summed E-state index contributed by atoms with van der Waals surface area (Å²) in [7, 11) is 0. The van der Waals surface area contributed by atoms with Crippen molar-refractivity contribution in [1.29, 1.82) is 0 Å². The molecule has 0 aliphatic carbocycles. The van der Waals surface area contributed by atoms with Crippen LogP contribution in [-0.2, 0) is 0 Å². The molecule has 0 spiro atoms. The van der Waals surface area contributed by atoms with E-state index in [0.717, 1.165) is 45.5 Å². The number of hydrogen-bond donors (Lipinski definition) is 0. The third-order valence-corrected chi connectivity index (χ3v) is 21.6. The van der Waals surface area contributed by atoms with E-state index in [1.165, 1.54) is 133 Å². The summed E-state index contributed by atoms with van der Waals surface area (Å²) in [4.78, 5) is 4.77. The summed E-state index contributed by atoms with van der Waals surface area (Å²) in [5.74, 6) is 0. The van der Waals surface area contributed by atoms with Gasteiger partial charge in [-0.2, -0.15) is 0 Å². The molecule has 20 rings (SSSR count). The highest BCUT2D eigenvalue weighted by Gasteiger charge is 2.22. The molecule has 2 heterocycles. The fourth-order valence-corrected chi connectivity index (χ4v) is 16.2. The Kier molecular flexibility index (Phi) is 18.4. The van der Waals surface area contributed by atoms with Crippen LogP contribution in [-0.4, -0.2) is 9.13 Å². The maximum atomic E-state index is 2.39. The lowest BCUT2D eigenvalue weighted by Gasteiger charge is -2.28. The molecule has 0 saturated carbocycles. The minimum Gasteiger partial charge on any atom is -0.310 e. The highest BCUT2D eigenvalue weighted by molar-refractivity contribution is 6.10. The Labute approximate surface area is 653 Å². The lowest BCUT2D eigenvalue weighted by Crippen LogP contribution is -2.11. The standard InChI is InChI=1S/2C54H38N2/c1-3-15-39(16-4-1)41-29-31-43(32-30-41)49-23-7-10-26-52(49)55(47-21-13-19-44(37-47)40-17-5-2-6-18-40)46-35-33-42(34-36-46)45-20-14-22-48(38-45)56-53-27-11-8-24-50(53)51-25-9-12-28-54(51)56;1-3-14-39(15-4-1)40-26-28-41(29-27-40)42-30-34-46(35-31-42)55(52-23-10-7-20-49(52)44-16-5-2-6-17-44)47-36-32-43(33-37-47)45-18-13-19-48(38-45)56-53-24-11-8-21-50(53)51-22-9-12-25-54(51)56/h2*1-38H. The van der Waals surface area contributed by atoms with Crippen LogP contribution in [0.4, 0.5) is 34.1 Å². The van der Waals surface area contributed by atoms with Gasteiger partial charge in [-0.1, -0.05) is 352 Å². The van der Waals surface area contributed by atoms with Crippen LogP contribution in [0.3, 0.4) is 0 Å². The van der Waals surface area contributed by atoms with Crippen LogP contribution in [0.2, 0.25) is 0 Å². The first-order valence-electron chi connectivity index (χ1n) is 38.4. The second-order valence-corrected chi connectivity index (χ2v) is 28.4. The second-order valence-electron chi connectivity index (χ2n) is 28.4. The molecule has 18 aromatic carbocycles. The topological polar surface area (TPSA) is 16.3 Å². The maximum absolute atomic E-state index is 2.39. The normalized spacial score (nSPS) is 11.2. The van der Waals surface area contributed by atoms with E-state index in [2.05, 4.69) is 480 Å². The largest absolute Gasteiger partial charge is 0.310 e. The molecule has 0 fully saturated rings. The Balaban J connectivity index is 0.000000151. The molecular weight excluding hydrogens is 1350 g/mol. The van der Waals surface area contributed by atoms with Crippen molar-refractivity contribution in [1.82, 2.24) is 9.13 Å². The summed E-state index contributed by atoms with van der Waals surface area (Å²) in [6.45, 7) is 0. The van der Waals surface area contributed by atoms with Crippen molar-refractivity contribution in [3.63, 3.8) is 0 Å². The lowest BCUT2D eigenvalue weighted by molar-refractivity contribution is 1.18. The minimum absolute atomic E-state index is 1.09. The molecule has 0 bridgehead atoms. The van der Waals surface area contributed by atoms with Crippen LogP contribution >= 0.6 is 0 Å².